The quantitative estimate of drug-likeness (QED) is 0.347. The molecule has 1 amide bonds. The van der Waals surface area contributed by atoms with Gasteiger partial charge in [0.25, 0.3) is 0 Å². The average Bonchev–Trinajstić information content (AvgIpc) is 2.01. The lowest BCUT2D eigenvalue weighted by molar-refractivity contribution is 0.151. The van der Waals surface area contributed by atoms with Crippen molar-refractivity contribution in [1.29, 1.82) is 0 Å². The maximum Gasteiger partial charge on any atom is 0.433 e. The summed E-state index contributed by atoms with van der Waals surface area (Å²) >= 11 is 0. The first-order valence-corrected chi connectivity index (χ1v) is 3.39. The van der Waals surface area contributed by atoms with E-state index in [1.807, 2.05) is 0 Å². The Morgan fingerprint density at radius 2 is 2.36 bits per heavy atom. The van der Waals surface area contributed by atoms with Gasteiger partial charge in [0.05, 0.1) is 5.71 Å². The molecule has 0 aliphatic carbocycles. The molecule has 0 spiro atoms. The lowest BCUT2D eigenvalue weighted by Crippen LogP contribution is -2.22. The van der Waals surface area contributed by atoms with Crippen molar-refractivity contribution in [3.8, 4) is 0 Å². The minimum atomic E-state index is -0.555. The Labute approximate surface area is 65.6 Å². The Bertz CT molecular complexity index is 156. The zero-order chi connectivity index (χ0) is 8.69. The van der Waals surface area contributed by atoms with Gasteiger partial charge in [-0.25, -0.2) is 4.79 Å². The van der Waals surface area contributed by atoms with Gasteiger partial charge in [-0.1, -0.05) is 5.16 Å². The van der Waals surface area contributed by atoms with Crippen LogP contribution in [0.5, 0.6) is 0 Å². The van der Waals surface area contributed by atoms with Crippen LogP contribution in [0.1, 0.15) is 13.8 Å². The van der Waals surface area contributed by atoms with Crippen molar-refractivity contribution in [3.63, 3.8) is 0 Å². The molecule has 0 rings (SSSR count). The van der Waals surface area contributed by atoms with Crippen LogP contribution in [0.15, 0.2) is 5.16 Å². The molecule has 0 radical (unpaired) electrons. The summed E-state index contributed by atoms with van der Waals surface area (Å²) in [6.07, 6.45) is -0.555. The minimum Gasteiger partial charge on any atom is -0.325 e. The number of amides is 1. The molecule has 5 heteroatoms. The number of nitrogens with two attached hydrogens (primary N) is 1. The molecule has 5 nitrogen and oxygen atoms in total. The molecule has 3 N–H and O–H groups in total. The molecule has 0 aromatic rings. The molecule has 0 aliphatic rings. The summed E-state index contributed by atoms with van der Waals surface area (Å²) < 4.78 is 0. The number of rotatable bonds is 3. The van der Waals surface area contributed by atoms with Crippen LogP contribution >= 0.6 is 0 Å². The van der Waals surface area contributed by atoms with E-state index in [-0.39, 0.29) is 0 Å². The van der Waals surface area contributed by atoms with E-state index < -0.39 is 6.09 Å². The average molecular weight is 159 g/mol. The number of nitrogens with zero attached hydrogens (tertiary/aromatic N) is 1. The van der Waals surface area contributed by atoms with Crippen molar-refractivity contribution in [2.75, 3.05) is 13.1 Å². The van der Waals surface area contributed by atoms with Crippen molar-refractivity contribution >= 4 is 11.8 Å². The molecule has 0 aliphatic heterocycles. The molecule has 0 saturated carbocycles. The molecule has 0 bridgehead atoms. The van der Waals surface area contributed by atoms with Crippen LogP contribution in [0.4, 0.5) is 4.79 Å². The topological polar surface area (TPSA) is 76.7 Å². The Morgan fingerprint density at radius 3 is 2.82 bits per heavy atom. The zero-order valence-corrected chi connectivity index (χ0v) is 6.76. The second-order valence-corrected chi connectivity index (χ2v) is 1.94. The number of hydrogen-bond donors (Lipinski definition) is 2. The molecule has 0 atom stereocenters. The summed E-state index contributed by atoms with van der Waals surface area (Å²) in [5.41, 5.74) is 5.77. The van der Waals surface area contributed by atoms with Crippen LogP contribution in [-0.2, 0) is 4.84 Å². The fourth-order valence-corrected chi connectivity index (χ4v) is 0.333. The SMILES string of the molecule is CCNC(=O)ON=C(C)CN. The Hall–Kier alpha value is -1.10. The number of nitrogens with one attached hydrogen (secondary N) is 1. The van der Waals surface area contributed by atoms with Crippen molar-refractivity contribution in [3.05, 3.63) is 0 Å². The summed E-state index contributed by atoms with van der Waals surface area (Å²) in [7, 11) is 0. The van der Waals surface area contributed by atoms with Gasteiger partial charge >= 0.3 is 6.09 Å². The van der Waals surface area contributed by atoms with Crippen LogP contribution in [0.2, 0.25) is 0 Å². The Kier molecular flexibility index (Phi) is 5.10. The first-order valence-electron chi connectivity index (χ1n) is 3.39. The van der Waals surface area contributed by atoms with E-state index in [0.29, 0.717) is 18.8 Å². The lowest BCUT2D eigenvalue weighted by atomic mass is 10.4. The number of carbonyl (C=O) groups is 1. The summed E-state index contributed by atoms with van der Waals surface area (Å²) in [4.78, 5) is 15.0. The number of carbonyl (C=O) groups excluding carboxylic acids is 1. The summed E-state index contributed by atoms with van der Waals surface area (Å²) in [5, 5.41) is 5.86. The summed E-state index contributed by atoms with van der Waals surface area (Å²) in [6.45, 7) is 4.29. The summed E-state index contributed by atoms with van der Waals surface area (Å²) in [6, 6.07) is 0. The largest absolute Gasteiger partial charge is 0.433 e. The Balaban J connectivity index is 3.60. The second-order valence-electron chi connectivity index (χ2n) is 1.94. The number of oxime groups is 1. The standard InChI is InChI=1S/C6H13N3O2/c1-3-8-6(10)11-9-5(2)4-7/h3-4,7H2,1-2H3,(H,8,10). The highest BCUT2D eigenvalue weighted by Crippen LogP contribution is 1.80. The molecule has 0 saturated heterocycles. The highest BCUT2D eigenvalue weighted by atomic mass is 16.7. The fraction of sp³-hybridized carbons (Fsp3) is 0.667. The molecule has 0 aromatic carbocycles. The van der Waals surface area contributed by atoms with E-state index >= 15 is 0 Å². The molecule has 0 unspecified atom stereocenters. The summed E-state index contributed by atoms with van der Waals surface area (Å²) in [5.74, 6) is 0. The molecule has 11 heavy (non-hydrogen) atoms. The first kappa shape index (κ1) is 9.90. The first-order chi connectivity index (χ1) is 5.20. The third kappa shape index (κ3) is 5.35. The molecule has 0 aromatic heterocycles. The van der Waals surface area contributed by atoms with Gasteiger partial charge in [-0.3, -0.25) is 4.84 Å². The van der Waals surface area contributed by atoms with Gasteiger partial charge in [0.15, 0.2) is 0 Å². The van der Waals surface area contributed by atoms with E-state index in [9.17, 15) is 4.79 Å². The third-order valence-corrected chi connectivity index (χ3v) is 0.901. The van der Waals surface area contributed by atoms with E-state index in [2.05, 4.69) is 15.3 Å². The van der Waals surface area contributed by atoms with Crippen LogP contribution in [0.25, 0.3) is 0 Å². The molecule has 0 heterocycles. The molecule has 0 fully saturated rings. The zero-order valence-electron chi connectivity index (χ0n) is 6.76. The smallest absolute Gasteiger partial charge is 0.325 e. The predicted molar refractivity (Wildman–Crippen MR) is 42.3 cm³/mol. The molecular weight excluding hydrogens is 146 g/mol. The van der Waals surface area contributed by atoms with Crippen LogP contribution in [0.3, 0.4) is 0 Å². The highest BCUT2D eigenvalue weighted by molar-refractivity contribution is 5.83. The van der Waals surface area contributed by atoms with Crippen LogP contribution < -0.4 is 11.1 Å². The van der Waals surface area contributed by atoms with Gasteiger partial charge in [0.1, 0.15) is 0 Å². The van der Waals surface area contributed by atoms with Gasteiger partial charge < -0.3 is 11.1 Å². The molecule has 64 valence electrons. The predicted octanol–water partition coefficient (Wildman–Crippen LogP) is 0.0671. The minimum absolute atomic E-state index is 0.291. The van der Waals surface area contributed by atoms with E-state index in [1.165, 1.54) is 0 Å². The molecular formula is C6H13N3O2. The van der Waals surface area contributed by atoms with Gasteiger partial charge in [0, 0.05) is 13.1 Å². The monoisotopic (exact) mass is 159 g/mol. The van der Waals surface area contributed by atoms with E-state index in [1.54, 1.807) is 13.8 Å². The van der Waals surface area contributed by atoms with Crippen molar-refractivity contribution in [2.24, 2.45) is 10.9 Å². The Morgan fingerprint density at radius 1 is 1.73 bits per heavy atom. The maximum atomic E-state index is 10.6. The van der Waals surface area contributed by atoms with E-state index in [4.69, 9.17) is 5.73 Å². The van der Waals surface area contributed by atoms with Crippen LogP contribution in [-0.4, -0.2) is 24.9 Å². The van der Waals surface area contributed by atoms with Gasteiger partial charge in [0.2, 0.25) is 0 Å². The van der Waals surface area contributed by atoms with Gasteiger partial charge in [-0.2, -0.15) is 0 Å². The fourth-order valence-electron chi connectivity index (χ4n) is 0.333. The van der Waals surface area contributed by atoms with Gasteiger partial charge in [-0.15, -0.1) is 0 Å². The van der Waals surface area contributed by atoms with Gasteiger partial charge in [-0.05, 0) is 13.8 Å². The number of hydrogen-bond acceptors (Lipinski definition) is 4. The second kappa shape index (κ2) is 5.67. The van der Waals surface area contributed by atoms with E-state index in [0.717, 1.165) is 0 Å². The van der Waals surface area contributed by atoms with Crippen molar-refractivity contribution in [2.45, 2.75) is 13.8 Å². The third-order valence-electron chi connectivity index (χ3n) is 0.901. The van der Waals surface area contributed by atoms with Crippen molar-refractivity contribution < 1.29 is 9.63 Å². The van der Waals surface area contributed by atoms with Crippen LogP contribution in [0, 0.1) is 0 Å². The maximum absolute atomic E-state index is 10.6. The normalized spacial score (nSPS) is 11.0. The highest BCUT2D eigenvalue weighted by Gasteiger charge is 1.96. The van der Waals surface area contributed by atoms with Crippen molar-refractivity contribution in [1.82, 2.24) is 5.32 Å². The lowest BCUT2D eigenvalue weighted by Gasteiger charge is -1.98.